The van der Waals surface area contributed by atoms with Crippen LogP contribution < -0.4 is 11.1 Å². The molecular weight excluding hydrogens is 274 g/mol. The Morgan fingerprint density at radius 1 is 1.50 bits per heavy atom. The Morgan fingerprint density at radius 3 is 2.80 bits per heavy atom. The van der Waals surface area contributed by atoms with E-state index in [0.717, 1.165) is 19.5 Å². The molecule has 20 heavy (non-hydrogen) atoms. The van der Waals surface area contributed by atoms with Crippen molar-refractivity contribution in [2.45, 2.75) is 38.6 Å². The predicted octanol–water partition coefficient (Wildman–Crippen LogP) is 0.670. The van der Waals surface area contributed by atoms with Crippen molar-refractivity contribution in [3.05, 3.63) is 0 Å². The van der Waals surface area contributed by atoms with Crippen LogP contribution in [-0.2, 0) is 9.53 Å². The number of carbonyl (C=O) groups is 1. The van der Waals surface area contributed by atoms with E-state index in [0.29, 0.717) is 43.6 Å². The monoisotopic (exact) mass is 299 g/mol. The van der Waals surface area contributed by atoms with Crippen LogP contribution in [0.2, 0.25) is 0 Å². The molecule has 2 rings (SSSR count). The Labute approximate surface area is 126 Å². The molecule has 0 saturated carbocycles. The van der Waals surface area contributed by atoms with Crippen molar-refractivity contribution in [2.75, 3.05) is 32.8 Å². The lowest BCUT2D eigenvalue weighted by molar-refractivity contribution is -0.131. The van der Waals surface area contributed by atoms with Gasteiger partial charge in [0.25, 0.3) is 0 Å². The molecular formula is C14H25N3O2S. The van der Waals surface area contributed by atoms with Crippen LogP contribution in [0.1, 0.15) is 32.6 Å². The summed E-state index contributed by atoms with van der Waals surface area (Å²) in [5.41, 5.74) is 5.14. The molecule has 2 aliphatic rings. The van der Waals surface area contributed by atoms with E-state index in [2.05, 4.69) is 17.1 Å². The number of hydrogen-bond acceptors (Lipinski definition) is 4. The van der Waals surface area contributed by atoms with Gasteiger partial charge in [0.2, 0.25) is 5.91 Å². The van der Waals surface area contributed by atoms with Gasteiger partial charge in [-0.05, 0) is 38.8 Å². The lowest BCUT2D eigenvalue weighted by Gasteiger charge is -2.35. The summed E-state index contributed by atoms with van der Waals surface area (Å²) in [6, 6.07) is 0.451. The summed E-state index contributed by atoms with van der Waals surface area (Å²) in [4.78, 5) is 15.3. The van der Waals surface area contributed by atoms with Crippen LogP contribution in [0.4, 0.5) is 0 Å². The van der Waals surface area contributed by atoms with Crippen molar-refractivity contribution in [2.24, 2.45) is 11.1 Å². The van der Waals surface area contributed by atoms with Gasteiger partial charge in [-0.25, -0.2) is 0 Å². The van der Waals surface area contributed by atoms with Crippen molar-refractivity contribution in [3.63, 3.8) is 0 Å². The molecule has 1 amide bonds. The molecule has 0 aromatic carbocycles. The molecule has 3 N–H and O–H groups in total. The summed E-state index contributed by atoms with van der Waals surface area (Å²) in [5, 5.41) is 3.08. The van der Waals surface area contributed by atoms with E-state index in [1.54, 1.807) is 0 Å². The lowest BCUT2D eigenvalue weighted by Crippen LogP contribution is -2.53. The van der Waals surface area contributed by atoms with E-state index in [4.69, 9.17) is 22.7 Å². The Bertz CT molecular complexity index is 369. The third kappa shape index (κ3) is 3.13. The first-order valence-corrected chi connectivity index (χ1v) is 7.91. The largest absolute Gasteiger partial charge is 0.392 e. The normalized spacial score (nSPS) is 26.4. The number of amides is 1. The van der Waals surface area contributed by atoms with Gasteiger partial charge in [0.05, 0.1) is 4.99 Å². The minimum atomic E-state index is -0.705. The number of likely N-dealkylation sites (tertiary alicyclic amines) is 1. The topological polar surface area (TPSA) is 67.6 Å². The molecule has 0 bridgehead atoms. The van der Waals surface area contributed by atoms with Crippen molar-refractivity contribution in [3.8, 4) is 0 Å². The molecule has 0 radical (unpaired) electrons. The zero-order valence-corrected chi connectivity index (χ0v) is 13.0. The number of carbonyl (C=O) groups excluding carboxylic acids is 1. The van der Waals surface area contributed by atoms with Crippen molar-refractivity contribution < 1.29 is 9.53 Å². The molecule has 2 heterocycles. The fourth-order valence-corrected chi connectivity index (χ4v) is 3.52. The van der Waals surface area contributed by atoms with E-state index in [-0.39, 0.29) is 5.91 Å². The lowest BCUT2D eigenvalue weighted by atomic mass is 9.79. The summed E-state index contributed by atoms with van der Waals surface area (Å²) in [5.74, 6) is -0.0174. The average Bonchev–Trinajstić information content (AvgIpc) is 2.92. The summed E-state index contributed by atoms with van der Waals surface area (Å²) in [6.45, 7) is 6.12. The van der Waals surface area contributed by atoms with Gasteiger partial charge in [0, 0.05) is 25.8 Å². The number of thiocarbonyl (C=S) groups is 1. The third-order valence-electron chi connectivity index (χ3n) is 4.66. The summed E-state index contributed by atoms with van der Waals surface area (Å²) in [6.07, 6.45) is 3.55. The summed E-state index contributed by atoms with van der Waals surface area (Å²) < 4.78 is 5.33. The molecule has 0 aromatic heterocycles. The molecule has 1 unspecified atom stereocenters. The second-order valence-electron chi connectivity index (χ2n) is 5.69. The average molecular weight is 299 g/mol. The maximum atomic E-state index is 12.6. The Hall–Kier alpha value is -0.720. The Balaban J connectivity index is 1.93. The van der Waals surface area contributed by atoms with Crippen LogP contribution in [0.5, 0.6) is 0 Å². The molecule has 5 nitrogen and oxygen atoms in total. The highest BCUT2D eigenvalue weighted by molar-refractivity contribution is 7.80. The van der Waals surface area contributed by atoms with Crippen molar-refractivity contribution in [1.82, 2.24) is 10.2 Å². The smallest absolute Gasteiger partial charge is 0.233 e. The molecule has 1 atom stereocenters. The van der Waals surface area contributed by atoms with Gasteiger partial charge in [0.1, 0.15) is 5.41 Å². The van der Waals surface area contributed by atoms with E-state index >= 15 is 0 Å². The van der Waals surface area contributed by atoms with E-state index in [1.807, 2.05) is 0 Å². The fourth-order valence-electron chi connectivity index (χ4n) is 3.23. The zero-order valence-electron chi connectivity index (χ0n) is 12.2. The Morgan fingerprint density at radius 2 is 2.20 bits per heavy atom. The number of nitrogens with zero attached hydrogens (tertiary/aromatic N) is 1. The van der Waals surface area contributed by atoms with Crippen LogP contribution in [0, 0.1) is 5.41 Å². The first kappa shape index (κ1) is 15.7. The Kier molecular flexibility index (Phi) is 5.35. The summed E-state index contributed by atoms with van der Waals surface area (Å²) in [7, 11) is 0. The second kappa shape index (κ2) is 6.83. The fraction of sp³-hybridized carbons (Fsp3) is 0.857. The minimum absolute atomic E-state index is 0.0174. The number of hydrogen-bond donors (Lipinski definition) is 2. The maximum absolute atomic E-state index is 12.6. The number of ether oxygens (including phenoxy) is 1. The van der Waals surface area contributed by atoms with Gasteiger partial charge in [-0.1, -0.05) is 19.1 Å². The second-order valence-corrected chi connectivity index (χ2v) is 6.13. The van der Waals surface area contributed by atoms with Gasteiger partial charge >= 0.3 is 0 Å². The van der Waals surface area contributed by atoms with Crippen LogP contribution in [-0.4, -0.2) is 54.7 Å². The molecule has 2 fully saturated rings. The van der Waals surface area contributed by atoms with Gasteiger partial charge in [-0.2, -0.15) is 0 Å². The molecule has 6 heteroatoms. The highest BCUT2D eigenvalue weighted by atomic mass is 32.1. The molecule has 0 aliphatic carbocycles. The minimum Gasteiger partial charge on any atom is -0.392 e. The third-order valence-corrected chi connectivity index (χ3v) is 5.05. The highest BCUT2D eigenvalue weighted by Gasteiger charge is 2.43. The van der Waals surface area contributed by atoms with E-state index in [1.165, 1.54) is 6.42 Å². The number of rotatable bonds is 5. The molecule has 0 spiro atoms. The first-order valence-electron chi connectivity index (χ1n) is 7.50. The van der Waals surface area contributed by atoms with E-state index in [9.17, 15) is 4.79 Å². The van der Waals surface area contributed by atoms with Gasteiger partial charge < -0.3 is 15.8 Å². The number of likely N-dealkylation sites (N-methyl/N-ethyl adjacent to an activating group) is 1. The number of nitrogens with two attached hydrogens (primary N) is 1. The van der Waals surface area contributed by atoms with Gasteiger partial charge in [0.15, 0.2) is 0 Å². The van der Waals surface area contributed by atoms with Crippen LogP contribution in [0.3, 0.4) is 0 Å². The van der Waals surface area contributed by atoms with Gasteiger partial charge in [-0.15, -0.1) is 0 Å². The standard InChI is InChI=1S/C14H25N3O2S/c1-2-17-7-3-4-11(17)10-16-13(18)14(12(15)20)5-8-19-9-6-14/h11H,2-10H2,1H3,(H2,15,20)(H,16,18). The first-order chi connectivity index (χ1) is 9.60. The zero-order chi connectivity index (χ0) is 14.6. The molecule has 2 aliphatic heterocycles. The highest BCUT2D eigenvalue weighted by Crippen LogP contribution is 2.31. The summed E-state index contributed by atoms with van der Waals surface area (Å²) >= 11 is 5.15. The van der Waals surface area contributed by atoms with E-state index < -0.39 is 5.41 Å². The molecule has 114 valence electrons. The SMILES string of the molecule is CCN1CCCC1CNC(=O)C1(C(N)=S)CCOCC1. The van der Waals surface area contributed by atoms with Gasteiger partial charge in [-0.3, -0.25) is 9.69 Å². The van der Waals surface area contributed by atoms with Crippen LogP contribution in [0.25, 0.3) is 0 Å². The van der Waals surface area contributed by atoms with Crippen molar-refractivity contribution >= 4 is 23.1 Å². The molecule has 2 saturated heterocycles. The molecule has 0 aromatic rings. The van der Waals surface area contributed by atoms with Crippen LogP contribution in [0.15, 0.2) is 0 Å². The number of nitrogens with one attached hydrogen (secondary N) is 1. The predicted molar refractivity (Wildman–Crippen MR) is 82.6 cm³/mol. The quantitative estimate of drug-likeness (QED) is 0.730. The maximum Gasteiger partial charge on any atom is 0.233 e. The van der Waals surface area contributed by atoms with Crippen LogP contribution >= 0.6 is 12.2 Å². The van der Waals surface area contributed by atoms with Crippen molar-refractivity contribution in [1.29, 1.82) is 0 Å².